The van der Waals surface area contributed by atoms with Crippen molar-refractivity contribution in [3.8, 4) is 6.07 Å². The highest BCUT2D eigenvalue weighted by atomic mass is 16.6. The van der Waals surface area contributed by atoms with E-state index >= 15 is 0 Å². The molecule has 30 heavy (non-hydrogen) atoms. The molecule has 2 bridgehead atoms. The summed E-state index contributed by atoms with van der Waals surface area (Å²) in [6.45, 7) is 5.97. The summed E-state index contributed by atoms with van der Waals surface area (Å²) in [6.07, 6.45) is 7.20. The summed E-state index contributed by atoms with van der Waals surface area (Å²) in [5.74, 6) is 1.29. The number of hydrogen-bond donors (Lipinski definition) is 1. The first-order valence-electron chi connectivity index (χ1n) is 11.8. The molecule has 4 rings (SSSR count). The predicted molar refractivity (Wildman–Crippen MR) is 111 cm³/mol. The van der Waals surface area contributed by atoms with Crippen LogP contribution < -0.4 is 0 Å². The Bertz CT molecular complexity index is 746. The van der Waals surface area contributed by atoms with Crippen molar-refractivity contribution in [3.63, 3.8) is 0 Å². The van der Waals surface area contributed by atoms with Crippen LogP contribution in [0.4, 0.5) is 0 Å². The predicted octanol–water partition coefficient (Wildman–Crippen LogP) is 3.57. The number of fused-ring (bicyclic) bond motifs is 3. The molecule has 0 aromatic carbocycles. The Morgan fingerprint density at radius 1 is 1.27 bits per heavy atom. The highest BCUT2D eigenvalue weighted by Gasteiger charge is 2.57. The van der Waals surface area contributed by atoms with Crippen LogP contribution in [-0.4, -0.2) is 45.7 Å². The van der Waals surface area contributed by atoms with E-state index in [9.17, 15) is 20.0 Å². The Morgan fingerprint density at radius 3 is 2.70 bits per heavy atom. The van der Waals surface area contributed by atoms with Gasteiger partial charge in [0.05, 0.1) is 18.6 Å². The van der Waals surface area contributed by atoms with Gasteiger partial charge in [0.2, 0.25) is 5.91 Å². The second-order valence-corrected chi connectivity index (χ2v) is 11.1. The zero-order chi connectivity index (χ0) is 21.7. The molecule has 6 nitrogen and oxygen atoms in total. The number of piperidine rings is 1. The van der Waals surface area contributed by atoms with E-state index in [4.69, 9.17) is 4.74 Å². The van der Waals surface area contributed by atoms with Crippen LogP contribution in [0.3, 0.4) is 0 Å². The van der Waals surface area contributed by atoms with E-state index in [0.717, 1.165) is 44.9 Å². The Labute approximate surface area is 179 Å². The van der Waals surface area contributed by atoms with Crippen LogP contribution in [0.15, 0.2) is 0 Å². The van der Waals surface area contributed by atoms with Gasteiger partial charge in [-0.05, 0) is 75.0 Å². The molecule has 6 heteroatoms. The topological polar surface area (TPSA) is 90.6 Å². The molecule has 1 aliphatic heterocycles. The summed E-state index contributed by atoms with van der Waals surface area (Å²) >= 11 is 0. The number of nitrogens with zero attached hydrogens (tertiary/aromatic N) is 2. The molecule has 0 radical (unpaired) electrons. The van der Waals surface area contributed by atoms with E-state index in [1.54, 1.807) is 6.92 Å². The quantitative estimate of drug-likeness (QED) is 0.669. The number of esters is 1. The van der Waals surface area contributed by atoms with Crippen LogP contribution >= 0.6 is 0 Å². The van der Waals surface area contributed by atoms with Crippen molar-refractivity contribution >= 4 is 11.9 Å². The van der Waals surface area contributed by atoms with Crippen LogP contribution in [0.5, 0.6) is 0 Å². The van der Waals surface area contributed by atoms with Gasteiger partial charge in [-0.3, -0.25) is 9.59 Å². The monoisotopic (exact) mass is 416 g/mol. The van der Waals surface area contributed by atoms with E-state index in [-0.39, 0.29) is 35.8 Å². The fraction of sp³-hybridized carbons (Fsp3) is 0.875. The molecule has 1 saturated heterocycles. The number of aliphatic hydroxyl groups is 1. The third-order valence-corrected chi connectivity index (χ3v) is 8.01. The number of nitriles is 1. The molecular formula is C24H36N2O4. The Kier molecular flexibility index (Phi) is 5.63. The molecule has 166 valence electrons. The average molecular weight is 417 g/mol. The number of carbonyl (C=O) groups is 2. The van der Waals surface area contributed by atoms with Crippen molar-refractivity contribution in [2.75, 3.05) is 0 Å². The number of hydrogen-bond acceptors (Lipinski definition) is 5. The molecular weight excluding hydrogens is 380 g/mol. The third kappa shape index (κ3) is 4.23. The maximum atomic E-state index is 13.3. The number of ether oxygens (including phenoxy) is 1. The highest BCUT2D eigenvalue weighted by molar-refractivity contribution is 5.79. The van der Waals surface area contributed by atoms with E-state index in [2.05, 4.69) is 19.9 Å². The minimum absolute atomic E-state index is 0.0134. The van der Waals surface area contributed by atoms with Crippen molar-refractivity contribution in [1.82, 2.24) is 4.90 Å². The molecule has 1 N–H and O–H groups in total. The minimum atomic E-state index is -0.712. The van der Waals surface area contributed by atoms with Gasteiger partial charge in [-0.2, -0.15) is 5.26 Å². The zero-order valence-corrected chi connectivity index (χ0v) is 18.6. The second-order valence-electron chi connectivity index (χ2n) is 11.1. The molecule has 1 amide bonds. The lowest BCUT2D eigenvalue weighted by Crippen LogP contribution is -2.52. The third-order valence-electron chi connectivity index (χ3n) is 8.01. The fourth-order valence-corrected chi connectivity index (χ4v) is 7.10. The van der Waals surface area contributed by atoms with Gasteiger partial charge in [0.25, 0.3) is 0 Å². The van der Waals surface area contributed by atoms with Gasteiger partial charge in [0, 0.05) is 12.5 Å². The van der Waals surface area contributed by atoms with Crippen LogP contribution in [0.2, 0.25) is 0 Å². The average Bonchev–Trinajstić information content (AvgIpc) is 3.28. The van der Waals surface area contributed by atoms with E-state index in [1.165, 1.54) is 0 Å². The second kappa shape index (κ2) is 7.82. The highest BCUT2D eigenvalue weighted by Crippen LogP contribution is 2.57. The van der Waals surface area contributed by atoms with Crippen LogP contribution in [0.1, 0.15) is 85.0 Å². The van der Waals surface area contributed by atoms with Crippen molar-refractivity contribution < 1.29 is 19.4 Å². The molecule has 3 saturated carbocycles. The molecule has 0 aromatic rings. The van der Waals surface area contributed by atoms with Gasteiger partial charge < -0.3 is 14.7 Å². The molecule has 0 spiro atoms. The standard InChI is InChI=1S/C24H36N2O4/c1-4-16-6-17-9-23(3,12-21(28)26-19(13-25)7-18-8-20(18)26)14-24(10-16,11-17)30-22(29)5-15(2)27/h15-20,27H,4-12,14H2,1-3H3. The molecule has 4 aliphatic rings. The maximum absolute atomic E-state index is 13.3. The normalized spacial score (nSPS) is 42.8. The van der Waals surface area contributed by atoms with Gasteiger partial charge >= 0.3 is 5.97 Å². The number of rotatable bonds is 6. The Morgan fingerprint density at radius 2 is 2.03 bits per heavy atom. The summed E-state index contributed by atoms with van der Waals surface area (Å²) in [4.78, 5) is 27.6. The number of aliphatic hydroxyl groups excluding tert-OH is 1. The van der Waals surface area contributed by atoms with Gasteiger partial charge in [0.15, 0.2) is 0 Å². The summed E-state index contributed by atoms with van der Waals surface area (Å²) in [6, 6.07) is 2.33. The first-order chi connectivity index (χ1) is 14.2. The van der Waals surface area contributed by atoms with Gasteiger partial charge in [-0.15, -0.1) is 0 Å². The van der Waals surface area contributed by atoms with Crippen LogP contribution in [0, 0.1) is 34.5 Å². The first kappa shape index (κ1) is 21.6. The van der Waals surface area contributed by atoms with Crippen molar-refractivity contribution in [2.24, 2.45) is 23.2 Å². The summed E-state index contributed by atoms with van der Waals surface area (Å²) < 4.78 is 6.09. The largest absolute Gasteiger partial charge is 0.459 e. The molecule has 8 atom stereocenters. The van der Waals surface area contributed by atoms with E-state index in [1.807, 2.05) is 4.90 Å². The molecule has 1 heterocycles. The minimum Gasteiger partial charge on any atom is -0.459 e. The van der Waals surface area contributed by atoms with Gasteiger partial charge in [0.1, 0.15) is 11.6 Å². The smallest absolute Gasteiger partial charge is 0.308 e. The van der Waals surface area contributed by atoms with E-state index < -0.39 is 11.7 Å². The summed E-state index contributed by atoms with van der Waals surface area (Å²) in [7, 11) is 0. The number of carbonyl (C=O) groups excluding carboxylic acids is 2. The van der Waals surface area contributed by atoms with Gasteiger partial charge in [-0.25, -0.2) is 0 Å². The number of amides is 1. The van der Waals surface area contributed by atoms with Crippen molar-refractivity contribution in [3.05, 3.63) is 0 Å². The van der Waals surface area contributed by atoms with Crippen molar-refractivity contribution in [2.45, 2.75) is 109 Å². The fourth-order valence-electron chi connectivity index (χ4n) is 7.10. The molecule has 8 unspecified atom stereocenters. The lowest BCUT2D eigenvalue weighted by molar-refractivity contribution is -0.184. The van der Waals surface area contributed by atoms with Crippen LogP contribution in [0.25, 0.3) is 0 Å². The Hall–Kier alpha value is -1.61. The maximum Gasteiger partial charge on any atom is 0.308 e. The molecule has 4 fully saturated rings. The lowest BCUT2D eigenvalue weighted by Gasteiger charge is -2.54. The number of likely N-dealkylation sites (tertiary alicyclic amines) is 1. The molecule has 0 aromatic heterocycles. The zero-order valence-electron chi connectivity index (χ0n) is 18.6. The van der Waals surface area contributed by atoms with Crippen LogP contribution in [-0.2, 0) is 14.3 Å². The van der Waals surface area contributed by atoms with E-state index in [0.29, 0.717) is 30.6 Å². The summed E-state index contributed by atoms with van der Waals surface area (Å²) in [5.41, 5.74) is -0.749. The van der Waals surface area contributed by atoms with Crippen molar-refractivity contribution in [1.29, 1.82) is 5.26 Å². The lowest BCUT2D eigenvalue weighted by atomic mass is 9.56. The van der Waals surface area contributed by atoms with Gasteiger partial charge in [-0.1, -0.05) is 20.3 Å². The SMILES string of the molecule is CCC1CC2CC(C)(CC(=O)N3C(C#N)CC4CC43)CC(OC(=O)CC(C)O)(C1)C2. The molecule has 3 aliphatic carbocycles. The summed E-state index contributed by atoms with van der Waals surface area (Å²) in [5, 5.41) is 19.1. The Balaban J connectivity index is 1.50. The first-order valence-corrected chi connectivity index (χ1v) is 11.8.